The van der Waals surface area contributed by atoms with E-state index in [0.717, 1.165) is 42.5 Å². The van der Waals surface area contributed by atoms with E-state index < -0.39 is 17.8 Å². The molecule has 6 heteroatoms. The fraction of sp³-hybridized carbons (Fsp3) is 0.458. The average Bonchev–Trinajstić information content (AvgIpc) is 2.75. The summed E-state index contributed by atoms with van der Waals surface area (Å²) in [5.74, 6) is -0.172. The molecule has 2 aromatic carbocycles. The second kappa shape index (κ2) is 9.65. The molecule has 2 aromatic rings. The van der Waals surface area contributed by atoms with E-state index in [-0.39, 0.29) is 23.9 Å². The molecular weight excluding hydrogens is 391 g/mol. The number of nitrogens with two attached hydrogens (primary N) is 1. The molecule has 30 heavy (non-hydrogen) atoms. The Labute approximate surface area is 175 Å². The van der Waals surface area contributed by atoms with Crippen LogP contribution in [0.3, 0.4) is 0 Å². The van der Waals surface area contributed by atoms with Gasteiger partial charge in [-0.3, -0.25) is 4.79 Å². The molecule has 1 saturated heterocycles. The quantitative estimate of drug-likeness (QED) is 0.696. The van der Waals surface area contributed by atoms with Crippen LogP contribution in [0.4, 0.5) is 13.2 Å². The van der Waals surface area contributed by atoms with Crippen LogP contribution in [0.15, 0.2) is 54.6 Å². The van der Waals surface area contributed by atoms with Gasteiger partial charge in [-0.15, -0.1) is 0 Å². The Morgan fingerprint density at radius 1 is 0.967 bits per heavy atom. The van der Waals surface area contributed by atoms with E-state index >= 15 is 0 Å². The van der Waals surface area contributed by atoms with Gasteiger partial charge in [0.2, 0.25) is 0 Å². The molecule has 0 unspecified atom stereocenters. The first-order valence-corrected chi connectivity index (χ1v) is 10.4. The molecule has 0 radical (unpaired) electrons. The van der Waals surface area contributed by atoms with Gasteiger partial charge >= 0.3 is 12.1 Å². The Balaban J connectivity index is 1.85. The predicted molar refractivity (Wildman–Crippen MR) is 110 cm³/mol. The summed E-state index contributed by atoms with van der Waals surface area (Å²) < 4.78 is 44.4. The number of benzene rings is 2. The minimum atomic E-state index is -4.34. The molecule has 0 amide bonds. The van der Waals surface area contributed by atoms with Gasteiger partial charge in [0, 0.05) is 5.92 Å². The first-order valence-electron chi connectivity index (χ1n) is 10.4. The maximum atomic E-state index is 12.9. The van der Waals surface area contributed by atoms with Gasteiger partial charge in [0.15, 0.2) is 0 Å². The number of hydrogen-bond donors (Lipinski definition) is 1. The van der Waals surface area contributed by atoms with Gasteiger partial charge in [0.1, 0.15) is 12.1 Å². The van der Waals surface area contributed by atoms with E-state index in [9.17, 15) is 18.0 Å². The zero-order chi connectivity index (χ0) is 21.7. The van der Waals surface area contributed by atoms with Crippen molar-refractivity contribution in [2.45, 2.75) is 57.3 Å². The van der Waals surface area contributed by atoms with Crippen LogP contribution in [-0.4, -0.2) is 18.1 Å². The highest BCUT2D eigenvalue weighted by atomic mass is 19.4. The smallest absolute Gasteiger partial charge is 0.416 e. The Kier molecular flexibility index (Phi) is 7.19. The van der Waals surface area contributed by atoms with Gasteiger partial charge in [-0.2, -0.15) is 13.2 Å². The number of hydrogen-bond acceptors (Lipinski definition) is 3. The highest BCUT2D eigenvalue weighted by Gasteiger charge is 2.33. The van der Waals surface area contributed by atoms with Crippen LogP contribution >= 0.6 is 0 Å². The van der Waals surface area contributed by atoms with Crippen molar-refractivity contribution in [3.05, 3.63) is 71.3 Å². The summed E-state index contributed by atoms with van der Waals surface area (Å²) in [5, 5.41) is 0. The SMILES string of the molecule is C[C@@H]1OC(=O)[C@@H](N)CCC[C@H](Cc2ccc(C(F)(F)F)cc2)[C@H]1Cc1ccccc1. The van der Waals surface area contributed by atoms with Crippen molar-refractivity contribution in [2.24, 2.45) is 17.6 Å². The van der Waals surface area contributed by atoms with Crippen LogP contribution in [0.25, 0.3) is 0 Å². The van der Waals surface area contributed by atoms with Crippen molar-refractivity contribution in [2.75, 3.05) is 0 Å². The molecule has 162 valence electrons. The van der Waals surface area contributed by atoms with Gasteiger partial charge in [-0.05, 0) is 61.8 Å². The van der Waals surface area contributed by atoms with E-state index in [1.54, 1.807) is 12.1 Å². The van der Waals surface area contributed by atoms with Crippen LogP contribution in [0.5, 0.6) is 0 Å². The molecular formula is C24H28F3NO2. The molecule has 0 bridgehead atoms. The third kappa shape index (κ3) is 5.85. The lowest BCUT2D eigenvalue weighted by molar-refractivity contribution is -0.153. The van der Waals surface area contributed by atoms with Crippen molar-refractivity contribution in [1.29, 1.82) is 0 Å². The van der Waals surface area contributed by atoms with E-state index in [4.69, 9.17) is 10.5 Å². The molecule has 0 spiro atoms. The first-order chi connectivity index (χ1) is 14.2. The topological polar surface area (TPSA) is 52.3 Å². The average molecular weight is 419 g/mol. The second-order valence-electron chi connectivity index (χ2n) is 8.19. The van der Waals surface area contributed by atoms with Crippen LogP contribution in [-0.2, 0) is 28.5 Å². The van der Waals surface area contributed by atoms with Crippen molar-refractivity contribution in [3.8, 4) is 0 Å². The molecule has 1 aliphatic rings. The summed E-state index contributed by atoms with van der Waals surface area (Å²) >= 11 is 0. The summed E-state index contributed by atoms with van der Waals surface area (Å²) in [6.07, 6.45) is -1.14. The van der Waals surface area contributed by atoms with Gasteiger partial charge in [0.05, 0.1) is 5.56 Å². The van der Waals surface area contributed by atoms with E-state index in [1.807, 2.05) is 37.3 Å². The largest absolute Gasteiger partial charge is 0.461 e. The second-order valence-corrected chi connectivity index (χ2v) is 8.19. The first kappa shape index (κ1) is 22.3. The third-order valence-electron chi connectivity index (χ3n) is 6.00. The van der Waals surface area contributed by atoms with Crippen LogP contribution < -0.4 is 5.73 Å². The van der Waals surface area contributed by atoms with Crippen LogP contribution in [0.2, 0.25) is 0 Å². The molecule has 2 N–H and O–H groups in total. The zero-order valence-corrected chi connectivity index (χ0v) is 17.1. The molecule has 3 rings (SSSR count). The van der Waals surface area contributed by atoms with Crippen molar-refractivity contribution < 1.29 is 22.7 Å². The summed E-state index contributed by atoms with van der Waals surface area (Å²) in [6.45, 7) is 1.89. The molecule has 1 aliphatic heterocycles. The molecule has 0 aromatic heterocycles. The number of esters is 1. The Morgan fingerprint density at radius 2 is 1.60 bits per heavy atom. The fourth-order valence-corrected chi connectivity index (χ4v) is 4.28. The number of halogens is 3. The molecule has 1 heterocycles. The minimum Gasteiger partial charge on any atom is -0.461 e. The Bertz CT molecular complexity index is 821. The van der Waals surface area contributed by atoms with E-state index in [1.165, 1.54) is 0 Å². The summed E-state index contributed by atoms with van der Waals surface area (Å²) in [4.78, 5) is 12.3. The highest BCUT2D eigenvalue weighted by Crippen LogP contribution is 2.34. The minimum absolute atomic E-state index is 0.0453. The summed E-state index contributed by atoms with van der Waals surface area (Å²) in [6, 6.07) is 14.7. The number of carbonyl (C=O) groups is 1. The van der Waals surface area contributed by atoms with Crippen molar-refractivity contribution in [3.63, 3.8) is 0 Å². The van der Waals surface area contributed by atoms with Gasteiger partial charge < -0.3 is 10.5 Å². The summed E-state index contributed by atoms with van der Waals surface area (Å²) in [5.41, 5.74) is 7.31. The maximum Gasteiger partial charge on any atom is 0.416 e. The van der Waals surface area contributed by atoms with Gasteiger partial charge in [-0.25, -0.2) is 0 Å². The number of cyclic esters (lactones) is 1. The molecule has 4 atom stereocenters. The fourth-order valence-electron chi connectivity index (χ4n) is 4.28. The third-order valence-corrected chi connectivity index (χ3v) is 6.00. The highest BCUT2D eigenvalue weighted by molar-refractivity contribution is 5.75. The lowest BCUT2D eigenvalue weighted by Gasteiger charge is -2.31. The summed E-state index contributed by atoms with van der Waals surface area (Å²) in [7, 11) is 0. The standard InChI is InChI=1S/C24H28F3NO2/c1-16-21(15-17-6-3-2-4-7-17)19(8-5-9-22(28)23(29)30-16)14-18-10-12-20(13-11-18)24(25,26)27/h2-4,6-7,10-13,16,19,21-22H,5,8-9,14-15,28H2,1H3/t16-,19+,21-,22-/m0/s1. The Morgan fingerprint density at radius 3 is 2.23 bits per heavy atom. The number of rotatable bonds is 4. The zero-order valence-electron chi connectivity index (χ0n) is 17.1. The lowest BCUT2D eigenvalue weighted by atomic mass is 9.77. The van der Waals surface area contributed by atoms with E-state index in [2.05, 4.69) is 0 Å². The lowest BCUT2D eigenvalue weighted by Crippen LogP contribution is -2.37. The molecule has 0 saturated carbocycles. The molecule has 3 nitrogen and oxygen atoms in total. The number of ether oxygens (including phenoxy) is 1. The Hall–Kier alpha value is -2.34. The van der Waals surface area contributed by atoms with Gasteiger partial charge in [0.25, 0.3) is 0 Å². The van der Waals surface area contributed by atoms with Crippen molar-refractivity contribution in [1.82, 2.24) is 0 Å². The van der Waals surface area contributed by atoms with Crippen molar-refractivity contribution >= 4 is 5.97 Å². The molecule has 0 aliphatic carbocycles. The number of carbonyl (C=O) groups excluding carboxylic acids is 1. The number of alkyl halides is 3. The normalized spacial score (nSPS) is 25.7. The van der Waals surface area contributed by atoms with Crippen LogP contribution in [0.1, 0.15) is 42.9 Å². The predicted octanol–water partition coefficient (Wildman–Crippen LogP) is 5.17. The van der Waals surface area contributed by atoms with Crippen LogP contribution in [0, 0.1) is 11.8 Å². The van der Waals surface area contributed by atoms with E-state index in [0.29, 0.717) is 12.8 Å². The van der Waals surface area contributed by atoms with Gasteiger partial charge in [-0.1, -0.05) is 48.9 Å². The monoisotopic (exact) mass is 419 g/mol. The molecule has 1 fully saturated rings. The maximum absolute atomic E-state index is 12.9.